The topological polar surface area (TPSA) is 62.1 Å². The fourth-order valence-electron chi connectivity index (χ4n) is 2.84. The summed E-state index contributed by atoms with van der Waals surface area (Å²) in [6.07, 6.45) is -3.48. The summed E-state index contributed by atoms with van der Waals surface area (Å²) >= 11 is 0. The SMILES string of the molecule is N#CC(=Cc1ccccc1OCc1ccccc1F)C(=O)Nc1ccccc1C(F)(F)F. The van der Waals surface area contributed by atoms with E-state index in [0.717, 1.165) is 12.1 Å². The number of rotatable bonds is 6. The summed E-state index contributed by atoms with van der Waals surface area (Å²) in [6, 6.07) is 18.6. The van der Waals surface area contributed by atoms with Crippen LogP contribution in [0.15, 0.2) is 78.4 Å². The predicted molar refractivity (Wildman–Crippen MR) is 111 cm³/mol. The molecule has 0 saturated heterocycles. The molecule has 0 fully saturated rings. The Bertz CT molecular complexity index is 1200. The predicted octanol–water partition coefficient (Wildman–Crippen LogP) is 5.97. The molecule has 0 unspecified atom stereocenters. The molecule has 3 rings (SSSR count). The lowest BCUT2D eigenvalue weighted by Crippen LogP contribution is -2.17. The molecule has 0 heterocycles. The van der Waals surface area contributed by atoms with Crippen molar-refractivity contribution in [2.75, 3.05) is 5.32 Å². The minimum atomic E-state index is -4.67. The number of benzene rings is 3. The van der Waals surface area contributed by atoms with Gasteiger partial charge in [0.15, 0.2) is 0 Å². The van der Waals surface area contributed by atoms with E-state index in [-0.39, 0.29) is 12.4 Å². The largest absolute Gasteiger partial charge is 0.488 e. The Balaban J connectivity index is 1.84. The number of nitrogens with zero attached hydrogens (tertiary/aromatic N) is 1. The molecular formula is C24H16F4N2O2. The molecule has 0 radical (unpaired) electrons. The normalized spacial score (nSPS) is 11.5. The maximum absolute atomic E-state index is 13.8. The van der Waals surface area contributed by atoms with Crippen molar-refractivity contribution in [2.24, 2.45) is 0 Å². The van der Waals surface area contributed by atoms with Crippen molar-refractivity contribution in [3.05, 3.63) is 101 Å². The molecule has 0 aliphatic heterocycles. The van der Waals surface area contributed by atoms with Gasteiger partial charge in [0.2, 0.25) is 0 Å². The highest BCUT2D eigenvalue weighted by molar-refractivity contribution is 6.10. The Hall–Kier alpha value is -4.12. The molecule has 0 spiro atoms. The zero-order chi connectivity index (χ0) is 23.1. The molecule has 0 atom stereocenters. The Morgan fingerprint density at radius 2 is 1.66 bits per heavy atom. The van der Waals surface area contributed by atoms with E-state index in [9.17, 15) is 27.6 Å². The van der Waals surface area contributed by atoms with Gasteiger partial charge >= 0.3 is 6.18 Å². The van der Waals surface area contributed by atoms with Gasteiger partial charge in [-0.1, -0.05) is 48.5 Å². The van der Waals surface area contributed by atoms with E-state index in [2.05, 4.69) is 5.32 Å². The lowest BCUT2D eigenvalue weighted by atomic mass is 10.1. The fourth-order valence-corrected chi connectivity index (χ4v) is 2.84. The van der Waals surface area contributed by atoms with E-state index in [1.807, 2.05) is 0 Å². The van der Waals surface area contributed by atoms with Crippen LogP contribution in [0.2, 0.25) is 0 Å². The average Bonchev–Trinajstić information content (AvgIpc) is 2.77. The van der Waals surface area contributed by atoms with E-state index in [0.29, 0.717) is 11.1 Å². The van der Waals surface area contributed by atoms with Crippen LogP contribution in [0.1, 0.15) is 16.7 Å². The van der Waals surface area contributed by atoms with Crippen LogP contribution in [0.3, 0.4) is 0 Å². The van der Waals surface area contributed by atoms with Crippen molar-refractivity contribution in [1.82, 2.24) is 0 Å². The summed E-state index contributed by atoms with van der Waals surface area (Å²) < 4.78 is 58.9. The van der Waals surface area contributed by atoms with Crippen LogP contribution in [0.5, 0.6) is 5.75 Å². The molecule has 0 bridgehead atoms. The summed E-state index contributed by atoms with van der Waals surface area (Å²) in [4.78, 5) is 12.5. The first-order chi connectivity index (χ1) is 15.3. The second kappa shape index (κ2) is 9.79. The van der Waals surface area contributed by atoms with Gasteiger partial charge in [-0.25, -0.2) is 4.39 Å². The smallest absolute Gasteiger partial charge is 0.418 e. The zero-order valence-corrected chi connectivity index (χ0v) is 16.5. The number of carbonyl (C=O) groups excluding carboxylic acids is 1. The lowest BCUT2D eigenvalue weighted by molar-refractivity contribution is -0.137. The van der Waals surface area contributed by atoms with Gasteiger partial charge < -0.3 is 10.1 Å². The third-order valence-corrected chi connectivity index (χ3v) is 4.41. The number of alkyl halides is 3. The van der Waals surface area contributed by atoms with E-state index >= 15 is 0 Å². The van der Waals surface area contributed by atoms with Crippen molar-refractivity contribution in [1.29, 1.82) is 5.26 Å². The van der Waals surface area contributed by atoms with Crippen molar-refractivity contribution in [2.45, 2.75) is 12.8 Å². The first kappa shape index (κ1) is 22.6. The second-order valence-corrected chi connectivity index (χ2v) is 6.59. The molecule has 0 saturated carbocycles. The molecule has 0 aliphatic carbocycles. The quantitative estimate of drug-likeness (QED) is 0.292. The molecule has 162 valence electrons. The van der Waals surface area contributed by atoms with Gasteiger partial charge in [0.05, 0.1) is 11.3 Å². The molecule has 4 nitrogen and oxygen atoms in total. The van der Waals surface area contributed by atoms with E-state index in [1.54, 1.807) is 48.5 Å². The Morgan fingerprint density at radius 1 is 1.00 bits per heavy atom. The van der Waals surface area contributed by atoms with Crippen molar-refractivity contribution in [3.63, 3.8) is 0 Å². The van der Waals surface area contributed by atoms with Crippen LogP contribution >= 0.6 is 0 Å². The second-order valence-electron chi connectivity index (χ2n) is 6.59. The van der Waals surface area contributed by atoms with Gasteiger partial charge in [0.25, 0.3) is 5.91 Å². The maximum atomic E-state index is 13.8. The van der Waals surface area contributed by atoms with Crippen molar-refractivity contribution in [3.8, 4) is 11.8 Å². The summed E-state index contributed by atoms with van der Waals surface area (Å²) in [6.45, 7) is -0.0927. The number of nitriles is 1. The van der Waals surface area contributed by atoms with Crippen LogP contribution in [-0.4, -0.2) is 5.91 Å². The molecule has 1 N–H and O–H groups in total. The number of hydrogen-bond donors (Lipinski definition) is 1. The Labute approximate surface area is 181 Å². The molecular weight excluding hydrogens is 424 g/mol. The number of ether oxygens (including phenoxy) is 1. The van der Waals surface area contributed by atoms with E-state index < -0.39 is 34.7 Å². The first-order valence-electron chi connectivity index (χ1n) is 9.34. The Morgan fingerprint density at radius 3 is 2.38 bits per heavy atom. The third-order valence-electron chi connectivity index (χ3n) is 4.41. The number of para-hydroxylation sites is 2. The van der Waals surface area contributed by atoms with Crippen LogP contribution in [0, 0.1) is 17.1 Å². The van der Waals surface area contributed by atoms with Crippen LogP contribution in [-0.2, 0) is 17.6 Å². The molecule has 8 heteroatoms. The summed E-state index contributed by atoms with van der Waals surface area (Å²) in [5, 5.41) is 11.5. The van der Waals surface area contributed by atoms with Gasteiger partial charge in [-0.15, -0.1) is 0 Å². The number of amides is 1. The highest BCUT2D eigenvalue weighted by Crippen LogP contribution is 2.34. The number of anilines is 1. The molecule has 0 aromatic heterocycles. The molecule has 3 aromatic rings. The zero-order valence-electron chi connectivity index (χ0n) is 16.5. The van der Waals surface area contributed by atoms with Gasteiger partial charge in [0, 0.05) is 11.1 Å². The van der Waals surface area contributed by atoms with E-state index in [1.165, 1.54) is 24.3 Å². The summed E-state index contributed by atoms with van der Waals surface area (Å²) in [5.74, 6) is -1.18. The van der Waals surface area contributed by atoms with Crippen molar-refractivity contribution >= 4 is 17.7 Å². The van der Waals surface area contributed by atoms with E-state index in [4.69, 9.17) is 4.74 Å². The summed E-state index contributed by atoms with van der Waals surface area (Å²) in [5.41, 5.74) is -1.27. The number of halogens is 4. The van der Waals surface area contributed by atoms with Crippen LogP contribution in [0.4, 0.5) is 23.2 Å². The van der Waals surface area contributed by atoms with Gasteiger partial charge in [0.1, 0.15) is 29.8 Å². The van der Waals surface area contributed by atoms with Gasteiger partial charge in [-0.2, -0.15) is 18.4 Å². The van der Waals surface area contributed by atoms with Crippen molar-refractivity contribution < 1.29 is 27.1 Å². The molecule has 0 aliphatic rings. The van der Waals surface area contributed by atoms with Gasteiger partial charge in [-0.3, -0.25) is 4.79 Å². The molecule has 1 amide bonds. The lowest BCUT2D eigenvalue weighted by Gasteiger charge is -2.13. The Kier molecular flexibility index (Phi) is 6.90. The average molecular weight is 440 g/mol. The molecule has 3 aromatic carbocycles. The monoisotopic (exact) mass is 440 g/mol. The number of nitrogens with one attached hydrogen (secondary N) is 1. The minimum absolute atomic E-state index is 0.0927. The molecule has 32 heavy (non-hydrogen) atoms. The van der Waals surface area contributed by atoms with Crippen LogP contribution in [0.25, 0.3) is 6.08 Å². The van der Waals surface area contributed by atoms with Crippen LogP contribution < -0.4 is 10.1 Å². The number of carbonyl (C=O) groups is 1. The third kappa shape index (κ3) is 5.52. The highest BCUT2D eigenvalue weighted by Gasteiger charge is 2.33. The maximum Gasteiger partial charge on any atom is 0.418 e. The standard InChI is InChI=1S/C24H16F4N2O2/c25-20-10-4-1-8-17(20)15-32-22-12-6-2-7-16(22)13-18(14-29)23(31)30-21-11-5-3-9-19(21)24(26,27)28/h1-13H,15H2,(H,30,31). The highest BCUT2D eigenvalue weighted by atomic mass is 19.4. The number of hydrogen-bond acceptors (Lipinski definition) is 3. The fraction of sp³-hybridized carbons (Fsp3) is 0.0833. The first-order valence-corrected chi connectivity index (χ1v) is 9.34. The minimum Gasteiger partial charge on any atom is -0.488 e. The summed E-state index contributed by atoms with van der Waals surface area (Å²) in [7, 11) is 0. The van der Waals surface area contributed by atoms with Gasteiger partial charge in [-0.05, 0) is 30.3 Å².